The van der Waals surface area contributed by atoms with Crippen LogP contribution in [0.4, 0.5) is 0 Å². The minimum Gasteiger partial charge on any atom is -0.481 e. The van der Waals surface area contributed by atoms with E-state index in [1.54, 1.807) is 0 Å². The van der Waals surface area contributed by atoms with Gasteiger partial charge in [0.2, 0.25) is 0 Å². The summed E-state index contributed by atoms with van der Waals surface area (Å²) in [7, 11) is 0. The van der Waals surface area contributed by atoms with Crippen molar-refractivity contribution in [3.05, 3.63) is 0 Å². The summed E-state index contributed by atoms with van der Waals surface area (Å²) >= 11 is 1.20. The molecule has 0 aliphatic heterocycles. The number of alkyl halides is 1. The first kappa shape index (κ1) is 2.39. The van der Waals surface area contributed by atoms with Crippen molar-refractivity contribution >= 4 is 28.6 Å². The Kier molecular flexibility index (Phi) is 1.16. The van der Waals surface area contributed by atoms with E-state index in [1.165, 1.54) is 22.6 Å². The van der Waals surface area contributed by atoms with Gasteiger partial charge in [0, 0.05) is 2.74 Å². The molecule has 0 aliphatic rings. The highest BCUT2D eigenvalue weighted by molar-refractivity contribution is 14.1. The Morgan fingerprint density at radius 3 is 2.60 bits per heavy atom. The zero-order valence-electron chi connectivity index (χ0n) is 4.23. The highest BCUT2D eigenvalue weighted by Gasteiger charge is 1.82. The lowest BCUT2D eigenvalue weighted by molar-refractivity contribution is -0.133. The summed E-state index contributed by atoms with van der Waals surface area (Å²) in [5, 5.41) is 7.87. The topological polar surface area (TPSA) is 37.3 Å². The molecule has 0 radical (unpaired) electrons. The smallest absolute Gasteiger partial charge is 0.313 e. The minimum atomic E-state index is -2.11. The first-order valence-corrected chi connectivity index (χ1v) is 1.95. The molecule has 3 heteroatoms. The summed E-state index contributed by atoms with van der Waals surface area (Å²) in [5.74, 6) is -1.44. The normalized spacial score (nSPS) is 16.2. The van der Waals surface area contributed by atoms with E-state index in [9.17, 15) is 4.79 Å². The SMILES string of the molecule is [3H]C([3H])(I)C(=O)O. The van der Waals surface area contributed by atoms with E-state index in [0.717, 1.165) is 0 Å². The summed E-state index contributed by atoms with van der Waals surface area (Å²) in [6.45, 7) is 0. The van der Waals surface area contributed by atoms with Crippen LogP contribution in [0.5, 0.6) is 0 Å². The number of carboxylic acids is 1. The maximum Gasteiger partial charge on any atom is 0.313 e. The summed E-state index contributed by atoms with van der Waals surface area (Å²) in [6, 6.07) is 0. The lowest BCUT2D eigenvalue weighted by Crippen LogP contribution is -1.91. The molecule has 0 aromatic rings. The van der Waals surface area contributed by atoms with Crippen LogP contribution in [0.1, 0.15) is 2.74 Å². The van der Waals surface area contributed by atoms with Gasteiger partial charge in [0.25, 0.3) is 0 Å². The Balaban J connectivity index is 3.79. The average Bonchev–Trinajstić information content (AvgIpc) is 1.31. The monoisotopic (exact) mass is 190 g/mol. The van der Waals surface area contributed by atoms with Gasteiger partial charge >= 0.3 is 5.97 Å². The molecule has 0 aromatic carbocycles. The molecule has 2 nitrogen and oxygen atoms in total. The molecule has 5 heavy (non-hydrogen) atoms. The van der Waals surface area contributed by atoms with Gasteiger partial charge in [-0.05, 0) is 0 Å². The molecule has 1 N–H and O–H groups in total. The molecule has 0 fully saturated rings. The van der Waals surface area contributed by atoms with Gasteiger partial charge in [-0.1, -0.05) is 22.6 Å². The van der Waals surface area contributed by atoms with Crippen molar-refractivity contribution in [1.82, 2.24) is 0 Å². The number of rotatable bonds is 1. The van der Waals surface area contributed by atoms with Gasteiger partial charge in [-0.15, -0.1) is 0 Å². The van der Waals surface area contributed by atoms with Crippen molar-refractivity contribution < 1.29 is 12.6 Å². The zero-order valence-corrected chi connectivity index (χ0v) is 4.39. The highest BCUT2D eigenvalue weighted by atomic mass is 127. The van der Waals surface area contributed by atoms with E-state index in [4.69, 9.17) is 7.85 Å². The number of hydrogen-bond donors (Lipinski definition) is 1. The molecule has 0 saturated heterocycles. The van der Waals surface area contributed by atoms with Crippen LogP contribution < -0.4 is 0 Å². The van der Waals surface area contributed by atoms with E-state index in [2.05, 4.69) is 0 Å². The lowest BCUT2D eigenvalue weighted by atomic mass is 10.9. The molecule has 0 rings (SSSR count). The van der Waals surface area contributed by atoms with E-state index in [0.29, 0.717) is 0 Å². The number of carboxylic acid groups (broad SMARTS) is 1. The number of carbonyl (C=O) groups is 1. The maximum atomic E-state index is 9.64. The van der Waals surface area contributed by atoms with Gasteiger partial charge in [-0.25, -0.2) is 0 Å². The van der Waals surface area contributed by atoms with Crippen LogP contribution in [-0.2, 0) is 4.79 Å². The van der Waals surface area contributed by atoms with Crippen LogP contribution in [0.3, 0.4) is 0 Å². The molecule has 30 valence electrons. The first-order chi connectivity index (χ1) is 2.94. The Labute approximate surface area is 46.1 Å². The van der Waals surface area contributed by atoms with Gasteiger partial charge in [-0.3, -0.25) is 4.79 Å². The molecular weight excluding hydrogens is 183 g/mol. The molecule has 0 heterocycles. The predicted octanol–water partition coefficient (Wildman–Crippen LogP) is 0.506. The van der Waals surface area contributed by atoms with E-state index < -0.39 is 10.3 Å². The first-order valence-electron chi connectivity index (χ1n) is 1.87. The molecule has 0 bridgehead atoms. The molecular formula is C2H3IO2. The Hall–Kier alpha value is 0.200. The molecule has 0 amide bonds. The van der Waals surface area contributed by atoms with Gasteiger partial charge in [0.15, 0.2) is 0 Å². The van der Waals surface area contributed by atoms with E-state index in [1.807, 2.05) is 0 Å². The minimum absolute atomic E-state index is 1.20. The Morgan fingerprint density at radius 2 is 2.60 bits per heavy atom. The summed E-state index contributed by atoms with van der Waals surface area (Å²) in [6.07, 6.45) is 0. The largest absolute Gasteiger partial charge is 0.481 e. The van der Waals surface area contributed by atoms with Gasteiger partial charge < -0.3 is 5.11 Å². The van der Waals surface area contributed by atoms with Crippen molar-refractivity contribution in [2.75, 3.05) is 4.38 Å². The predicted molar refractivity (Wildman–Crippen MR) is 26.5 cm³/mol. The number of hydrogen-bond acceptors (Lipinski definition) is 1. The van der Waals surface area contributed by atoms with Crippen molar-refractivity contribution in [2.45, 2.75) is 0 Å². The van der Waals surface area contributed by atoms with Crippen LogP contribution in [0.2, 0.25) is 0 Å². The van der Waals surface area contributed by atoms with Crippen molar-refractivity contribution in [2.24, 2.45) is 0 Å². The fourth-order valence-corrected chi connectivity index (χ4v) is 0. The standard InChI is InChI=1S/C2H3IO2/c3-1-2(4)5/h1H2,(H,4,5)/i1T2. The van der Waals surface area contributed by atoms with Crippen LogP contribution in [0.15, 0.2) is 0 Å². The third-order valence-corrected chi connectivity index (χ3v) is 0.542. The molecule has 0 aromatic heterocycles. The van der Waals surface area contributed by atoms with E-state index in [-0.39, 0.29) is 0 Å². The Bertz CT molecular complexity index is 86.2. The third kappa shape index (κ3) is 4.20. The third-order valence-electron chi connectivity index (χ3n) is 0.0808. The van der Waals surface area contributed by atoms with Crippen molar-refractivity contribution in [3.8, 4) is 0 Å². The summed E-state index contributed by atoms with van der Waals surface area (Å²) < 4.78 is 10.8. The quantitative estimate of drug-likeness (QED) is 0.483. The van der Waals surface area contributed by atoms with Crippen LogP contribution in [-0.4, -0.2) is 15.5 Å². The Morgan fingerprint density at radius 1 is 2.40 bits per heavy atom. The van der Waals surface area contributed by atoms with Crippen LogP contribution in [0, 0.1) is 0 Å². The van der Waals surface area contributed by atoms with Crippen LogP contribution >= 0.6 is 22.6 Å². The molecule has 0 saturated carbocycles. The summed E-state index contributed by atoms with van der Waals surface area (Å²) in [5.41, 5.74) is 0. The second-order valence-corrected chi connectivity index (χ2v) is 0.939. The van der Waals surface area contributed by atoms with E-state index >= 15 is 0 Å². The van der Waals surface area contributed by atoms with Gasteiger partial charge in [0.1, 0.15) is 0 Å². The maximum absolute atomic E-state index is 9.64. The van der Waals surface area contributed by atoms with Crippen molar-refractivity contribution in [1.29, 1.82) is 0 Å². The zero-order chi connectivity index (χ0) is 6.08. The molecule has 0 atom stereocenters. The van der Waals surface area contributed by atoms with Crippen molar-refractivity contribution in [3.63, 3.8) is 0 Å². The fraction of sp³-hybridized carbons (Fsp3) is 0.500. The molecule has 0 aliphatic carbocycles. The lowest BCUT2D eigenvalue weighted by Gasteiger charge is -1.70. The number of aliphatic carboxylic acids is 1. The van der Waals surface area contributed by atoms with Gasteiger partial charge in [-0.2, -0.15) is 0 Å². The number of halogens is 1. The highest BCUT2D eigenvalue weighted by Crippen LogP contribution is 1.75. The summed E-state index contributed by atoms with van der Waals surface area (Å²) in [4.78, 5) is 9.64. The van der Waals surface area contributed by atoms with Gasteiger partial charge in [0.05, 0.1) is 4.38 Å². The average molecular weight is 190 g/mol. The fourth-order valence-electron chi connectivity index (χ4n) is 0. The second kappa shape index (κ2) is 2.44. The second-order valence-electron chi connectivity index (χ2n) is 0.400. The molecule has 0 unspecified atom stereocenters. The van der Waals surface area contributed by atoms with Crippen LogP contribution in [0.25, 0.3) is 0 Å². The molecule has 0 spiro atoms.